The van der Waals surface area contributed by atoms with Crippen molar-refractivity contribution in [2.24, 2.45) is 0 Å². The maximum absolute atomic E-state index is 12.8. The van der Waals surface area contributed by atoms with E-state index >= 15 is 0 Å². The molecule has 1 N–H and O–H groups in total. The molecule has 1 amide bonds. The highest BCUT2D eigenvalue weighted by Crippen LogP contribution is 2.25. The van der Waals surface area contributed by atoms with E-state index in [0.29, 0.717) is 16.4 Å². The van der Waals surface area contributed by atoms with Crippen LogP contribution in [-0.2, 0) is 21.2 Å². The molecule has 0 fully saturated rings. The Bertz CT molecular complexity index is 936. The number of sulfonamides is 1. The van der Waals surface area contributed by atoms with E-state index in [4.69, 9.17) is 16.9 Å². The predicted molar refractivity (Wildman–Crippen MR) is 107 cm³/mol. The summed E-state index contributed by atoms with van der Waals surface area (Å²) in [4.78, 5) is 12.8. The molecule has 2 rings (SSSR count). The minimum Gasteiger partial charge on any atom is -0.324 e. The second-order valence-corrected chi connectivity index (χ2v) is 8.28. The standard InChI is InChI=1S/C19H20ClN3O3S/c1-3-18(19(24)22-16-8-4-14(5-9-16)12-13-21)23(27(2,25)26)17-10-6-15(20)7-11-17/h4-11,18H,3,12H2,1-2H3,(H,22,24). The first kappa shape index (κ1) is 20.7. The van der Waals surface area contributed by atoms with E-state index in [-0.39, 0.29) is 12.8 Å². The Morgan fingerprint density at radius 2 is 1.78 bits per heavy atom. The fourth-order valence-electron chi connectivity index (χ4n) is 2.67. The van der Waals surface area contributed by atoms with Crippen molar-refractivity contribution < 1.29 is 13.2 Å². The van der Waals surface area contributed by atoms with Crippen molar-refractivity contribution in [2.45, 2.75) is 25.8 Å². The highest BCUT2D eigenvalue weighted by molar-refractivity contribution is 7.92. The van der Waals surface area contributed by atoms with Gasteiger partial charge in [0.1, 0.15) is 6.04 Å². The molecule has 0 saturated carbocycles. The van der Waals surface area contributed by atoms with Gasteiger partial charge in [-0.15, -0.1) is 0 Å². The van der Waals surface area contributed by atoms with Crippen LogP contribution in [-0.4, -0.2) is 26.6 Å². The van der Waals surface area contributed by atoms with Crippen molar-refractivity contribution in [1.29, 1.82) is 5.26 Å². The number of hydrogen-bond donors (Lipinski definition) is 1. The normalized spacial score (nSPS) is 12.1. The van der Waals surface area contributed by atoms with Gasteiger partial charge >= 0.3 is 0 Å². The minimum atomic E-state index is -3.70. The third kappa shape index (κ3) is 5.46. The third-order valence-electron chi connectivity index (χ3n) is 3.92. The van der Waals surface area contributed by atoms with E-state index in [1.807, 2.05) is 0 Å². The van der Waals surface area contributed by atoms with E-state index in [9.17, 15) is 13.2 Å². The summed E-state index contributed by atoms with van der Waals surface area (Å²) in [6, 6.07) is 14.3. The van der Waals surface area contributed by atoms with E-state index in [1.54, 1.807) is 55.5 Å². The van der Waals surface area contributed by atoms with Crippen molar-refractivity contribution in [2.75, 3.05) is 15.9 Å². The zero-order valence-corrected chi connectivity index (χ0v) is 16.6. The van der Waals surface area contributed by atoms with Crippen LogP contribution in [0.4, 0.5) is 11.4 Å². The molecule has 8 heteroatoms. The number of nitriles is 1. The summed E-state index contributed by atoms with van der Waals surface area (Å²) >= 11 is 5.88. The summed E-state index contributed by atoms with van der Waals surface area (Å²) in [5, 5.41) is 11.9. The molecule has 0 heterocycles. The predicted octanol–water partition coefficient (Wildman–Crippen LogP) is 3.59. The van der Waals surface area contributed by atoms with Gasteiger partial charge in [-0.05, 0) is 48.4 Å². The summed E-state index contributed by atoms with van der Waals surface area (Å²) in [5.41, 5.74) is 1.74. The number of anilines is 2. The van der Waals surface area contributed by atoms with Gasteiger partial charge < -0.3 is 5.32 Å². The van der Waals surface area contributed by atoms with Gasteiger partial charge in [-0.3, -0.25) is 9.10 Å². The number of carbonyl (C=O) groups excluding carboxylic acids is 1. The lowest BCUT2D eigenvalue weighted by Crippen LogP contribution is -2.46. The monoisotopic (exact) mass is 405 g/mol. The summed E-state index contributed by atoms with van der Waals surface area (Å²) in [6.07, 6.45) is 1.63. The molecule has 0 spiro atoms. The maximum atomic E-state index is 12.8. The van der Waals surface area contributed by atoms with Gasteiger partial charge in [-0.25, -0.2) is 8.42 Å². The van der Waals surface area contributed by atoms with Crippen molar-refractivity contribution in [1.82, 2.24) is 0 Å². The van der Waals surface area contributed by atoms with Crippen LogP contribution >= 0.6 is 11.6 Å². The molecule has 0 aliphatic carbocycles. The average molecular weight is 406 g/mol. The molecule has 0 aliphatic heterocycles. The Kier molecular flexibility index (Phi) is 6.83. The molecule has 2 aromatic rings. The molecule has 0 bridgehead atoms. The zero-order valence-electron chi connectivity index (χ0n) is 15.0. The SMILES string of the molecule is CCC(C(=O)Nc1ccc(CC#N)cc1)N(c1ccc(Cl)cc1)S(C)(=O)=O. The molecule has 142 valence electrons. The second kappa shape index (κ2) is 8.89. The number of carbonyl (C=O) groups is 1. The van der Waals surface area contributed by atoms with Crippen molar-refractivity contribution >= 4 is 38.9 Å². The number of nitrogens with zero attached hydrogens (tertiary/aromatic N) is 2. The number of benzene rings is 2. The van der Waals surface area contributed by atoms with Crippen LogP contribution in [0.15, 0.2) is 48.5 Å². The van der Waals surface area contributed by atoms with Gasteiger partial charge in [0.2, 0.25) is 15.9 Å². The van der Waals surface area contributed by atoms with E-state index in [0.717, 1.165) is 16.1 Å². The molecule has 1 atom stereocenters. The first-order chi connectivity index (χ1) is 12.8. The first-order valence-corrected chi connectivity index (χ1v) is 10.5. The van der Waals surface area contributed by atoms with E-state index < -0.39 is 22.0 Å². The third-order valence-corrected chi connectivity index (χ3v) is 5.35. The number of amides is 1. The van der Waals surface area contributed by atoms with Gasteiger partial charge in [0.25, 0.3) is 0 Å². The maximum Gasteiger partial charge on any atom is 0.248 e. The van der Waals surface area contributed by atoms with Crippen LogP contribution in [0.2, 0.25) is 5.02 Å². The summed E-state index contributed by atoms with van der Waals surface area (Å²) in [6.45, 7) is 1.74. The van der Waals surface area contributed by atoms with E-state index in [2.05, 4.69) is 11.4 Å². The van der Waals surface area contributed by atoms with Crippen LogP contribution < -0.4 is 9.62 Å². The summed E-state index contributed by atoms with van der Waals surface area (Å²) < 4.78 is 25.8. The highest BCUT2D eigenvalue weighted by Gasteiger charge is 2.31. The van der Waals surface area contributed by atoms with Crippen molar-refractivity contribution in [3.63, 3.8) is 0 Å². The lowest BCUT2D eigenvalue weighted by Gasteiger charge is -2.30. The van der Waals surface area contributed by atoms with Crippen molar-refractivity contribution in [3.8, 4) is 6.07 Å². The fraction of sp³-hybridized carbons (Fsp3) is 0.263. The molecule has 0 saturated heterocycles. The first-order valence-electron chi connectivity index (χ1n) is 8.28. The van der Waals surface area contributed by atoms with Crippen molar-refractivity contribution in [3.05, 3.63) is 59.1 Å². The number of hydrogen-bond acceptors (Lipinski definition) is 4. The Labute approximate surface area is 164 Å². The molecule has 0 aromatic heterocycles. The molecular formula is C19H20ClN3O3S. The number of rotatable bonds is 7. The van der Waals surface area contributed by atoms with Gasteiger partial charge in [0.15, 0.2) is 0 Å². The topological polar surface area (TPSA) is 90.3 Å². The molecule has 0 radical (unpaired) electrons. The van der Waals surface area contributed by atoms with Crippen LogP contribution in [0, 0.1) is 11.3 Å². The van der Waals surface area contributed by atoms with Crippen LogP contribution in [0.1, 0.15) is 18.9 Å². The molecule has 0 aliphatic rings. The van der Waals surface area contributed by atoms with E-state index in [1.165, 1.54) is 0 Å². The zero-order chi connectivity index (χ0) is 20.0. The Hall–Kier alpha value is -2.56. The van der Waals surface area contributed by atoms with Gasteiger partial charge in [-0.2, -0.15) is 5.26 Å². The summed E-state index contributed by atoms with van der Waals surface area (Å²) in [5.74, 6) is -0.439. The average Bonchev–Trinajstić information content (AvgIpc) is 2.61. The molecule has 1 unspecified atom stereocenters. The van der Waals surface area contributed by atoms with Crippen LogP contribution in [0.5, 0.6) is 0 Å². The lowest BCUT2D eigenvalue weighted by atomic mass is 10.1. The quantitative estimate of drug-likeness (QED) is 0.762. The Balaban J connectivity index is 2.29. The van der Waals surface area contributed by atoms with Gasteiger partial charge in [0.05, 0.1) is 24.4 Å². The summed E-state index contributed by atoms with van der Waals surface area (Å²) in [7, 11) is -3.70. The van der Waals surface area contributed by atoms with Gasteiger partial charge in [0, 0.05) is 10.7 Å². The van der Waals surface area contributed by atoms with Crippen LogP contribution in [0.3, 0.4) is 0 Å². The number of nitrogens with one attached hydrogen (secondary N) is 1. The Morgan fingerprint density at radius 3 is 2.26 bits per heavy atom. The number of halogens is 1. The second-order valence-electron chi connectivity index (χ2n) is 5.98. The molecule has 27 heavy (non-hydrogen) atoms. The smallest absolute Gasteiger partial charge is 0.248 e. The molecule has 2 aromatic carbocycles. The largest absolute Gasteiger partial charge is 0.324 e. The highest BCUT2D eigenvalue weighted by atomic mass is 35.5. The van der Waals surface area contributed by atoms with Crippen LogP contribution in [0.25, 0.3) is 0 Å². The Morgan fingerprint density at radius 1 is 1.19 bits per heavy atom. The minimum absolute atomic E-state index is 0.282. The molecular weight excluding hydrogens is 386 g/mol. The fourth-order valence-corrected chi connectivity index (χ4v) is 4.01. The van der Waals surface area contributed by atoms with Gasteiger partial charge in [-0.1, -0.05) is 30.7 Å². The lowest BCUT2D eigenvalue weighted by molar-refractivity contribution is -0.117. The molecule has 6 nitrogen and oxygen atoms in total.